The lowest BCUT2D eigenvalue weighted by Crippen LogP contribution is -2.25. The molecule has 2 aromatic rings. The SMILES string of the molecule is N#CCS(=O)(=O)NCc1ccc(-c2ccc3c(c2)CCCO3)cc1. The van der Waals surface area contributed by atoms with E-state index in [2.05, 4.69) is 10.8 Å². The van der Waals surface area contributed by atoms with Gasteiger partial charge < -0.3 is 4.74 Å². The van der Waals surface area contributed by atoms with Crippen LogP contribution in [0.5, 0.6) is 5.75 Å². The maximum Gasteiger partial charge on any atom is 0.225 e. The summed E-state index contributed by atoms with van der Waals surface area (Å²) in [5, 5.41) is 8.47. The van der Waals surface area contributed by atoms with Gasteiger partial charge in [0.1, 0.15) is 5.75 Å². The van der Waals surface area contributed by atoms with Crippen LogP contribution in [0.1, 0.15) is 17.5 Å². The highest BCUT2D eigenvalue weighted by atomic mass is 32.2. The van der Waals surface area contributed by atoms with Crippen molar-refractivity contribution in [3.8, 4) is 22.9 Å². The lowest BCUT2D eigenvalue weighted by atomic mass is 9.98. The molecule has 3 rings (SSSR count). The van der Waals surface area contributed by atoms with Gasteiger partial charge in [0.05, 0.1) is 12.7 Å². The standard InChI is InChI=1S/C18H18N2O3S/c19-9-11-24(21,22)20-13-14-3-5-15(6-4-14)16-7-8-18-17(12-16)2-1-10-23-18/h3-8,12,20H,1-2,10-11,13H2. The second kappa shape index (κ2) is 7.04. The van der Waals surface area contributed by atoms with Crippen LogP contribution in [0, 0.1) is 11.3 Å². The van der Waals surface area contributed by atoms with Gasteiger partial charge in [-0.25, -0.2) is 13.1 Å². The van der Waals surface area contributed by atoms with E-state index in [1.165, 1.54) is 5.56 Å². The molecule has 0 bridgehead atoms. The molecule has 5 nitrogen and oxygen atoms in total. The second-order valence-electron chi connectivity index (χ2n) is 5.71. The van der Waals surface area contributed by atoms with E-state index in [9.17, 15) is 8.42 Å². The quantitative estimate of drug-likeness (QED) is 0.906. The summed E-state index contributed by atoms with van der Waals surface area (Å²) in [5.74, 6) is 0.441. The molecule has 0 unspecified atom stereocenters. The Hall–Kier alpha value is -2.36. The summed E-state index contributed by atoms with van der Waals surface area (Å²) < 4.78 is 31.0. The Morgan fingerprint density at radius 3 is 2.62 bits per heavy atom. The zero-order valence-corrected chi connectivity index (χ0v) is 14.0. The highest BCUT2D eigenvalue weighted by molar-refractivity contribution is 7.89. The lowest BCUT2D eigenvalue weighted by molar-refractivity contribution is 0.288. The predicted molar refractivity (Wildman–Crippen MR) is 91.9 cm³/mol. The van der Waals surface area contributed by atoms with Crippen LogP contribution in [0.4, 0.5) is 0 Å². The monoisotopic (exact) mass is 342 g/mol. The number of benzene rings is 2. The third kappa shape index (κ3) is 3.94. The van der Waals surface area contributed by atoms with Crippen LogP contribution in [0.15, 0.2) is 42.5 Å². The molecule has 1 aliphatic rings. The fraction of sp³-hybridized carbons (Fsp3) is 0.278. The van der Waals surface area contributed by atoms with E-state index in [1.54, 1.807) is 6.07 Å². The summed E-state index contributed by atoms with van der Waals surface area (Å²) >= 11 is 0. The van der Waals surface area contributed by atoms with Gasteiger partial charge in [0.15, 0.2) is 5.75 Å². The fourth-order valence-electron chi connectivity index (χ4n) is 2.68. The first kappa shape index (κ1) is 16.5. The van der Waals surface area contributed by atoms with Gasteiger partial charge in [-0.15, -0.1) is 0 Å². The molecule has 0 saturated heterocycles. The summed E-state index contributed by atoms with van der Waals surface area (Å²) in [6.07, 6.45) is 2.07. The zero-order chi connectivity index (χ0) is 17.0. The fourth-order valence-corrected chi connectivity index (χ4v) is 3.34. The number of hydrogen-bond donors (Lipinski definition) is 1. The molecule has 0 aliphatic carbocycles. The lowest BCUT2D eigenvalue weighted by Gasteiger charge is -2.18. The number of nitrogens with zero attached hydrogens (tertiary/aromatic N) is 1. The van der Waals surface area contributed by atoms with Crippen molar-refractivity contribution in [1.82, 2.24) is 4.72 Å². The Kier molecular flexibility index (Phi) is 4.84. The first-order chi connectivity index (χ1) is 11.6. The third-order valence-corrected chi connectivity index (χ3v) is 5.04. The van der Waals surface area contributed by atoms with E-state index in [0.717, 1.165) is 41.9 Å². The number of aryl methyl sites for hydroxylation is 1. The average molecular weight is 342 g/mol. The van der Waals surface area contributed by atoms with Crippen molar-refractivity contribution in [3.05, 3.63) is 53.6 Å². The number of fused-ring (bicyclic) bond motifs is 1. The average Bonchev–Trinajstić information content (AvgIpc) is 2.60. The Morgan fingerprint density at radius 2 is 1.88 bits per heavy atom. The Morgan fingerprint density at radius 1 is 1.12 bits per heavy atom. The number of nitriles is 1. The minimum Gasteiger partial charge on any atom is -0.493 e. The molecular formula is C18H18N2O3S. The van der Waals surface area contributed by atoms with Gasteiger partial charge in [-0.1, -0.05) is 30.3 Å². The van der Waals surface area contributed by atoms with Gasteiger partial charge in [0.2, 0.25) is 10.0 Å². The number of ether oxygens (including phenoxy) is 1. The van der Waals surface area contributed by atoms with Crippen molar-refractivity contribution in [2.75, 3.05) is 12.4 Å². The first-order valence-corrected chi connectivity index (χ1v) is 9.42. The van der Waals surface area contributed by atoms with Gasteiger partial charge >= 0.3 is 0 Å². The number of hydrogen-bond acceptors (Lipinski definition) is 4. The van der Waals surface area contributed by atoms with Gasteiger partial charge in [-0.05, 0) is 47.2 Å². The maximum atomic E-state index is 11.5. The molecule has 0 saturated carbocycles. The number of sulfonamides is 1. The number of nitrogens with one attached hydrogen (secondary N) is 1. The van der Waals surface area contributed by atoms with Crippen molar-refractivity contribution in [3.63, 3.8) is 0 Å². The highest BCUT2D eigenvalue weighted by Crippen LogP contribution is 2.30. The van der Waals surface area contributed by atoms with E-state index in [1.807, 2.05) is 36.4 Å². The predicted octanol–water partition coefficient (Wildman–Crippen LogP) is 2.62. The van der Waals surface area contributed by atoms with Crippen molar-refractivity contribution < 1.29 is 13.2 Å². The van der Waals surface area contributed by atoms with Crippen LogP contribution in [0.3, 0.4) is 0 Å². The Labute approximate surface area is 141 Å². The molecular weight excluding hydrogens is 324 g/mol. The molecule has 0 spiro atoms. The van der Waals surface area contributed by atoms with Crippen molar-refractivity contribution in [2.24, 2.45) is 0 Å². The second-order valence-corrected chi connectivity index (χ2v) is 7.52. The molecule has 124 valence electrons. The van der Waals surface area contributed by atoms with Crippen LogP contribution in [0.25, 0.3) is 11.1 Å². The van der Waals surface area contributed by atoms with Gasteiger partial charge in [-0.3, -0.25) is 0 Å². The zero-order valence-electron chi connectivity index (χ0n) is 13.2. The molecule has 1 aliphatic heterocycles. The molecule has 0 aromatic heterocycles. The van der Waals surface area contributed by atoms with E-state index < -0.39 is 15.8 Å². The van der Waals surface area contributed by atoms with Crippen molar-refractivity contribution in [2.45, 2.75) is 19.4 Å². The van der Waals surface area contributed by atoms with Crippen LogP contribution >= 0.6 is 0 Å². The maximum absolute atomic E-state index is 11.5. The summed E-state index contributed by atoms with van der Waals surface area (Å²) in [6, 6.07) is 15.6. The normalized spacial score (nSPS) is 13.6. The summed E-state index contributed by atoms with van der Waals surface area (Å²) in [7, 11) is -3.53. The molecule has 0 amide bonds. The van der Waals surface area contributed by atoms with Gasteiger partial charge in [0, 0.05) is 6.54 Å². The largest absolute Gasteiger partial charge is 0.493 e. The molecule has 1 heterocycles. The molecule has 0 fully saturated rings. The van der Waals surface area contributed by atoms with Crippen LogP contribution in [0.2, 0.25) is 0 Å². The number of rotatable bonds is 5. The highest BCUT2D eigenvalue weighted by Gasteiger charge is 2.12. The van der Waals surface area contributed by atoms with Crippen LogP contribution in [-0.2, 0) is 23.0 Å². The molecule has 1 N–H and O–H groups in total. The van der Waals surface area contributed by atoms with Crippen molar-refractivity contribution in [1.29, 1.82) is 5.26 Å². The van der Waals surface area contributed by atoms with Crippen molar-refractivity contribution >= 4 is 10.0 Å². The minimum absolute atomic E-state index is 0.183. The topological polar surface area (TPSA) is 79.2 Å². The Bertz CT molecular complexity index is 868. The van der Waals surface area contributed by atoms with E-state index in [0.29, 0.717) is 0 Å². The molecule has 24 heavy (non-hydrogen) atoms. The van der Waals surface area contributed by atoms with Gasteiger partial charge in [0.25, 0.3) is 0 Å². The van der Waals surface area contributed by atoms with Crippen LogP contribution in [-0.4, -0.2) is 20.8 Å². The molecule has 0 radical (unpaired) electrons. The van der Waals surface area contributed by atoms with Gasteiger partial charge in [-0.2, -0.15) is 5.26 Å². The third-order valence-electron chi connectivity index (χ3n) is 3.95. The molecule has 2 aromatic carbocycles. The summed E-state index contributed by atoms with van der Waals surface area (Å²) in [5.41, 5.74) is 4.27. The summed E-state index contributed by atoms with van der Waals surface area (Å²) in [4.78, 5) is 0. The summed E-state index contributed by atoms with van der Waals surface area (Å²) in [6.45, 7) is 0.963. The van der Waals surface area contributed by atoms with E-state index >= 15 is 0 Å². The smallest absolute Gasteiger partial charge is 0.225 e. The van der Waals surface area contributed by atoms with E-state index in [-0.39, 0.29) is 6.54 Å². The molecule has 0 atom stereocenters. The van der Waals surface area contributed by atoms with Crippen LogP contribution < -0.4 is 9.46 Å². The Balaban J connectivity index is 1.72. The van der Waals surface area contributed by atoms with E-state index in [4.69, 9.17) is 10.00 Å². The minimum atomic E-state index is -3.53. The first-order valence-electron chi connectivity index (χ1n) is 7.77. The molecule has 6 heteroatoms.